The number of rotatable bonds is 3. The van der Waals surface area contributed by atoms with Crippen molar-refractivity contribution >= 4 is 27.4 Å². The third kappa shape index (κ3) is 3.27. The van der Waals surface area contributed by atoms with Crippen LogP contribution in [0.5, 0.6) is 0 Å². The highest BCUT2D eigenvalue weighted by Crippen LogP contribution is 2.30. The van der Waals surface area contributed by atoms with E-state index in [1.807, 2.05) is 6.20 Å². The molecule has 7 heteroatoms. The molecule has 6 nitrogen and oxygen atoms in total. The molecular formula is C14H19N5OS. The third-order valence-electron chi connectivity index (χ3n) is 4.09. The Bertz CT molecular complexity index is 546. The average molecular weight is 305 g/mol. The maximum atomic E-state index is 12.2. The molecule has 2 aliphatic heterocycles. The summed E-state index contributed by atoms with van der Waals surface area (Å²) in [5.41, 5.74) is 0. The number of carbonyl (C=O) groups is 1. The zero-order valence-corrected chi connectivity index (χ0v) is 12.7. The maximum absolute atomic E-state index is 12.2. The fraction of sp³-hybridized carbons (Fsp3) is 0.643. The first-order valence-electron chi connectivity index (χ1n) is 7.42. The molecule has 112 valence electrons. The smallest absolute Gasteiger partial charge is 0.231 e. The van der Waals surface area contributed by atoms with Crippen LogP contribution >= 0.6 is 11.3 Å². The van der Waals surface area contributed by atoms with Crippen molar-refractivity contribution in [2.75, 3.05) is 36.4 Å². The van der Waals surface area contributed by atoms with Gasteiger partial charge in [-0.05, 0) is 25.7 Å². The molecule has 1 aromatic rings. The summed E-state index contributed by atoms with van der Waals surface area (Å²) in [5, 5.41) is 13.5. The average Bonchev–Trinajstić information content (AvgIpc) is 3.17. The molecule has 1 N–H and O–H groups in total. The number of amides is 1. The lowest BCUT2D eigenvalue weighted by atomic mass is 10.1. The molecule has 2 saturated heterocycles. The molecule has 0 spiro atoms. The molecule has 1 amide bonds. The van der Waals surface area contributed by atoms with Crippen molar-refractivity contribution in [2.24, 2.45) is 5.92 Å². The van der Waals surface area contributed by atoms with E-state index in [1.165, 1.54) is 30.6 Å². The number of anilines is 2. The van der Waals surface area contributed by atoms with E-state index in [1.54, 1.807) is 4.90 Å². The van der Waals surface area contributed by atoms with Crippen molar-refractivity contribution < 1.29 is 4.79 Å². The first kappa shape index (κ1) is 14.1. The van der Waals surface area contributed by atoms with Crippen molar-refractivity contribution in [1.29, 1.82) is 5.26 Å². The second-order valence-corrected chi connectivity index (χ2v) is 6.58. The van der Waals surface area contributed by atoms with Crippen molar-refractivity contribution in [3.63, 3.8) is 0 Å². The molecule has 21 heavy (non-hydrogen) atoms. The lowest BCUT2D eigenvalue weighted by molar-refractivity contribution is -0.119. The fourth-order valence-corrected chi connectivity index (χ4v) is 3.73. The predicted octanol–water partition coefficient (Wildman–Crippen LogP) is 1.87. The van der Waals surface area contributed by atoms with Crippen LogP contribution in [0.1, 0.15) is 25.7 Å². The largest absolute Gasteiger partial charge is 0.362 e. The van der Waals surface area contributed by atoms with Gasteiger partial charge in [-0.1, -0.05) is 11.3 Å². The first-order valence-corrected chi connectivity index (χ1v) is 8.24. The normalized spacial score (nSPS) is 22.1. The first-order chi connectivity index (χ1) is 10.3. The monoisotopic (exact) mass is 305 g/mol. The van der Waals surface area contributed by atoms with E-state index in [4.69, 9.17) is 5.26 Å². The molecule has 1 aromatic heterocycles. The van der Waals surface area contributed by atoms with Gasteiger partial charge in [0.15, 0.2) is 11.3 Å². The standard InChI is InChI=1S/C14H19N5OS/c15-10-18-7-4-11(9-18)13(20)17-14-16-8-12(21-14)19-5-2-1-3-6-19/h8,11H,1-7,9H2,(H,16,17,20)/t11-/m1/s1. The number of aromatic nitrogens is 1. The number of nitrogens with one attached hydrogen (secondary N) is 1. The van der Waals surface area contributed by atoms with Crippen molar-refractivity contribution in [2.45, 2.75) is 25.7 Å². The van der Waals surface area contributed by atoms with E-state index in [2.05, 4.69) is 21.4 Å². The van der Waals surface area contributed by atoms with Gasteiger partial charge in [0.05, 0.1) is 12.1 Å². The van der Waals surface area contributed by atoms with Gasteiger partial charge in [-0.2, -0.15) is 5.26 Å². The van der Waals surface area contributed by atoms with Crippen LogP contribution in [-0.4, -0.2) is 42.0 Å². The van der Waals surface area contributed by atoms with Gasteiger partial charge in [-0.15, -0.1) is 0 Å². The summed E-state index contributed by atoms with van der Waals surface area (Å²) >= 11 is 1.54. The Balaban J connectivity index is 1.57. The van der Waals surface area contributed by atoms with Crippen LogP contribution in [0.4, 0.5) is 10.1 Å². The summed E-state index contributed by atoms with van der Waals surface area (Å²) in [6.45, 7) is 3.35. The SMILES string of the molecule is N#CN1CC[C@@H](C(=O)Nc2ncc(N3CCCCC3)s2)C1. The van der Waals surface area contributed by atoms with E-state index in [-0.39, 0.29) is 11.8 Å². The molecule has 2 aliphatic rings. The van der Waals surface area contributed by atoms with Gasteiger partial charge >= 0.3 is 0 Å². The Kier molecular flexibility index (Phi) is 4.25. The highest BCUT2D eigenvalue weighted by Gasteiger charge is 2.28. The van der Waals surface area contributed by atoms with Gasteiger partial charge < -0.3 is 15.1 Å². The number of hydrogen-bond acceptors (Lipinski definition) is 6. The Morgan fingerprint density at radius 2 is 2.19 bits per heavy atom. The Morgan fingerprint density at radius 1 is 1.38 bits per heavy atom. The summed E-state index contributed by atoms with van der Waals surface area (Å²) in [7, 11) is 0. The van der Waals surface area contributed by atoms with Gasteiger partial charge in [-0.3, -0.25) is 4.79 Å². The highest BCUT2D eigenvalue weighted by atomic mass is 32.1. The lowest BCUT2D eigenvalue weighted by Crippen LogP contribution is -2.28. The molecule has 0 aromatic carbocycles. The maximum Gasteiger partial charge on any atom is 0.231 e. The number of hydrogen-bond donors (Lipinski definition) is 1. The zero-order valence-electron chi connectivity index (χ0n) is 11.9. The molecule has 0 aliphatic carbocycles. The summed E-state index contributed by atoms with van der Waals surface area (Å²) in [6, 6.07) is 0. The Labute approximate surface area is 128 Å². The van der Waals surface area contributed by atoms with E-state index >= 15 is 0 Å². The summed E-state index contributed by atoms with van der Waals surface area (Å²) < 4.78 is 0. The van der Waals surface area contributed by atoms with Crippen LogP contribution < -0.4 is 10.2 Å². The predicted molar refractivity (Wildman–Crippen MR) is 82.1 cm³/mol. The van der Waals surface area contributed by atoms with Crippen molar-refractivity contribution in [3.8, 4) is 6.19 Å². The molecule has 2 fully saturated rings. The number of carbonyl (C=O) groups excluding carboxylic acids is 1. The zero-order chi connectivity index (χ0) is 14.7. The number of nitrogens with zero attached hydrogens (tertiary/aromatic N) is 4. The van der Waals surface area contributed by atoms with Gasteiger partial charge in [0.2, 0.25) is 5.91 Å². The number of piperidine rings is 1. The highest BCUT2D eigenvalue weighted by molar-refractivity contribution is 7.19. The van der Waals surface area contributed by atoms with E-state index in [0.29, 0.717) is 18.2 Å². The molecule has 0 unspecified atom stereocenters. The molecule has 3 rings (SSSR count). The summed E-state index contributed by atoms with van der Waals surface area (Å²) in [4.78, 5) is 20.4. The van der Waals surface area contributed by atoms with Crippen LogP contribution in [0.2, 0.25) is 0 Å². The number of nitriles is 1. The number of likely N-dealkylation sites (tertiary alicyclic amines) is 1. The van der Waals surface area contributed by atoms with E-state index in [0.717, 1.165) is 24.5 Å². The second kappa shape index (κ2) is 6.31. The molecule has 0 saturated carbocycles. The van der Waals surface area contributed by atoms with Gasteiger partial charge in [0.1, 0.15) is 5.00 Å². The molecule has 0 radical (unpaired) electrons. The topological polar surface area (TPSA) is 72.3 Å². The van der Waals surface area contributed by atoms with Crippen LogP contribution in [0.15, 0.2) is 6.20 Å². The van der Waals surface area contributed by atoms with E-state index < -0.39 is 0 Å². The molecule has 3 heterocycles. The summed E-state index contributed by atoms with van der Waals surface area (Å²) in [6.07, 6.45) is 8.44. The van der Waals surface area contributed by atoms with Gasteiger partial charge in [-0.25, -0.2) is 4.98 Å². The quantitative estimate of drug-likeness (QED) is 0.863. The van der Waals surface area contributed by atoms with Crippen LogP contribution in [0.3, 0.4) is 0 Å². The Hall–Kier alpha value is -1.81. The minimum absolute atomic E-state index is 0.0210. The molecule has 0 bridgehead atoms. The number of thiazole rings is 1. The fourth-order valence-electron chi connectivity index (χ4n) is 2.86. The second-order valence-electron chi connectivity index (χ2n) is 5.57. The van der Waals surface area contributed by atoms with Crippen molar-refractivity contribution in [3.05, 3.63) is 6.20 Å². The summed E-state index contributed by atoms with van der Waals surface area (Å²) in [5.74, 6) is -0.126. The van der Waals surface area contributed by atoms with Gasteiger partial charge in [0, 0.05) is 26.2 Å². The Morgan fingerprint density at radius 3 is 2.90 bits per heavy atom. The molecular weight excluding hydrogens is 286 g/mol. The minimum atomic E-state index is -0.105. The van der Waals surface area contributed by atoms with Crippen LogP contribution in [0.25, 0.3) is 0 Å². The van der Waals surface area contributed by atoms with Crippen LogP contribution in [-0.2, 0) is 4.79 Å². The minimum Gasteiger partial charge on any atom is -0.362 e. The van der Waals surface area contributed by atoms with Gasteiger partial charge in [0.25, 0.3) is 0 Å². The molecule has 1 atom stereocenters. The van der Waals surface area contributed by atoms with Crippen LogP contribution in [0, 0.1) is 17.4 Å². The van der Waals surface area contributed by atoms with Crippen molar-refractivity contribution in [1.82, 2.24) is 9.88 Å². The lowest BCUT2D eigenvalue weighted by Gasteiger charge is -2.26. The van der Waals surface area contributed by atoms with E-state index in [9.17, 15) is 4.79 Å². The third-order valence-corrected chi connectivity index (χ3v) is 5.07.